The van der Waals surface area contributed by atoms with Crippen molar-refractivity contribution in [2.45, 2.75) is 25.4 Å². The standard InChI is InChI=1S/C16H18N2O2/c19-15-5-1-3-13(15)10-18-16(20)12-6-7-14-11(9-12)4-2-8-17-14/h2,4,6-9,13,15,19H,1,3,5,10H2,(H,18,20). The van der Waals surface area contributed by atoms with E-state index in [4.69, 9.17) is 0 Å². The molecule has 20 heavy (non-hydrogen) atoms. The number of amides is 1. The van der Waals surface area contributed by atoms with Crippen LogP contribution in [0.2, 0.25) is 0 Å². The lowest BCUT2D eigenvalue weighted by atomic mass is 10.1. The van der Waals surface area contributed by atoms with Crippen molar-refractivity contribution in [1.82, 2.24) is 10.3 Å². The first kappa shape index (κ1) is 13.1. The van der Waals surface area contributed by atoms with Gasteiger partial charge in [0.25, 0.3) is 5.91 Å². The average molecular weight is 270 g/mol. The quantitative estimate of drug-likeness (QED) is 0.898. The van der Waals surface area contributed by atoms with Gasteiger partial charge in [-0.2, -0.15) is 0 Å². The third-order valence-corrected chi connectivity index (χ3v) is 4.01. The van der Waals surface area contributed by atoms with Gasteiger partial charge in [-0.1, -0.05) is 12.5 Å². The molecule has 1 heterocycles. The van der Waals surface area contributed by atoms with E-state index in [-0.39, 0.29) is 17.9 Å². The molecule has 2 atom stereocenters. The number of aromatic nitrogens is 1. The van der Waals surface area contributed by atoms with Crippen LogP contribution < -0.4 is 5.32 Å². The van der Waals surface area contributed by atoms with Crippen LogP contribution in [0.5, 0.6) is 0 Å². The van der Waals surface area contributed by atoms with E-state index in [1.807, 2.05) is 24.3 Å². The van der Waals surface area contributed by atoms with E-state index in [2.05, 4.69) is 10.3 Å². The van der Waals surface area contributed by atoms with Gasteiger partial charge in [-0.3, -0.25) is 9.78 Å². The Morgan fingerprint density at radius 1 is 1.35 bits per heavy atom. The smallest absolute Gasteiger partial charge is 0.251 e. The Hall–Kier alpha value is -1.94. The van der Waals surface area contributed by atoms with Crippen molar-refractivity contribution in [1.29, 1.82) is 0 Å². The van der Waals surface area contributed by atoms with Crippen molar-refractivity contribution in [3.05, 3.63) is 42.1 Å². The van der Waals surface area contributed by atoms with Crippen LogP contribution in [-0.4, -0.2) is 28.6 Å². The molecular weight excluding hydrogens is 252 g/mol. The van der Waals surface area contributed by atoms with Gasteiger partial charge in [-0.25, -0.2) is 0 Å². The number of benzene rings is 1. The van der Waals surface area contributed by atoms with Crippen LogP contribution in [0, 0.1) is 5.92 Å². The van der Waals surface area contributed by atoms with Crippen LogP contribution in [-0.2, 0) is 0 Å². The van der Waals surface area contributed by atoms with Gasteiger partial charge in [0.15, 0.2) is 0 Å². The van der Waals surface area contributed by atoms with Crippen LogP contribution in [0.4, 0.5) is 0 Å². The van der Waals surface area contributed by atoms with Crippen molar-refractivity contribution in [2.24, 2.45) is 5.92 Å². The van der Waals surface area contributed by atoms with E-state index < -0.39 is 0 Å². The Morgan fingerprint density at radius 2 is 2.25 bits per heavy atom. The maximum atomic E-state index is 12.1. The van der Waals surface area contributed by atoms with Crippen LogP contribution in [0.3, 0.4) is 0 Å². The summed E-state index contributed by atoms with van der Waals surface area (Å²) in [5.41, 5.74) is 1.52. The Morgan fingerprint density at radius 3 is 3.05 bits per heavy atom. The SMILES string of the molecule is O=C(NCC1CCCC1O)c1ccc2ncccc2c1. The molecule has 4 heteroatoms. The van der Waals surface area contributed by atoms with Crippen molar-refractivity contribution in [3.8, 4) is 0 Å². The molecule has 104 valence electrons. The number of aliphatic hydroxyl groups excluding tert-OH is 1. The number of nitrogens with one attached hydrogen (secondary N) is 1. The zero-order valence-electron chi connectivity index (χ0n) is 11.2. The summed E-state index contributed by atoms with van der Waals surface area (Å²) in [5.74, 6) is 0.107. The summed E-state index contributed by atoms with van der Waals surface area (Å²) in [7, 11) is 0. The summed E-state index contributed by atoms with van der Waals surface area (Å²) in [6.07, 6.45) is 4.36. The van der Waals surface area contributed by atoms with E-state index in [0.29, 0.717) is 12.1 Å². The fraction of sp³-hybridized carbons (Fsp3) is 0.375. The van der Waals surface area contributed by atoms with Crippen LogP contribution in [0.25, 0.3) is 10.9 Å². The van der Waals surface area contributed by atoms with E-state index in [0.717, 1.165) is 30.2 Å². The maximum absolute atomic E-state index is 12.1. The summed E-state index contributed by atoms with van der Waals surface area (Å²) in [5, 5.41) is 13.6. The second kappa shape index (κ2) is 5.59. The molecule has 1 amide bonds. The second-order valence-corrected chi connectivity index (χ2v) is 5.38. The van der Waals surface area contributed by atoms with Gasteiger partial charge in [0.2, 0.25) is 0 Å². The number of hydrogen-bond acceptors (Lipinski definition) is 3. The zero-order valence-corrected chi connectivity index (χ0v) is 11.2. The highest BCUT2D eigenvalue weighted by Crippen LogP contribution is 2.24. The highest BCUT2D eigenvalue weighted by Gasteiger charge is 2.25. The van der Waals surface area contributed by atoms with Crippen molar-refractivity contribution in [2.75, 3.05) is 6.54 Å². The molecule has 0 bridgehead atoms. The number of fused-ring (bicyclic) bond motifs is 1. The third-order valence-electron chi connectivity index (χ3n) is 4.01. The summed E-state index contributed by atoms with van der Waals surface area (Å²) in [4.78, 5) is 16.4. The molecule has 1 aliphatic rings. The first-order valence-electron chi connectivity index (χ1n) is 7.05. The highest BCUT2D eigenvalue weighted by molar-refractivity contribution is 5.97. The molecule has 1 aromatic carbocycles. The van der Waals surface area contributed by atoms with Gasteiger partial charge in [0.05, 0.1) is 11.6 Å². The Kier molecular flexibility index (Phi) is 3.65. The van der Waals surface area contributed by atoms with Gasteiger partial charge in [-0.15, -0.1) is 0 Å². The molecule has 0 aliphatic heterocycles. The third kappa shape index (κ3) is 2.65. The fourth-order valence-electron chi connectivity index (χ4n) is 2.80. The summed E-state index contributed by atoms with van der Waals surface area (Å²) >= 11 is 0. The molecule has 1 fully saturated rings. The number of carbonyl (C=O) groups is 1. The minimum atomic E-state index is -0.267. The van der Waals surface area contributed by atoms with Gasteiger partial charge >= 0.3 is 0 Å². The predicted molar refractivity (Wildman–Crippen MR) is 77.4 cm³/mol. The van der Waals surface area contributed by atoms with Crippen LogP contribution in [0.1, 0.15) is 29.6 Å². The molecule has 1 aromatic heterocycles. The fourth-order valence-corrected chi connectivity index (χ4v) is 2.80. The molecular formula is C16H18N2O2. The minimum Gasteiger partial charge on any atom is -0.393 e. The lowest BCUT2D eigenvalue weighted by Crippen LogP contribution is -2.32. The second-order valence-electron chi connectivity index (χ2n) is 5.38. The molecule has 1 aliphatic carbocycles. The Bertz CT molecular complexity index is 627. The molecule has 4 nitrogen and oxygen atoms in total. The molecule has 1 saturated carbocycles. The Labute approximate surface area is 117 Å². The van der Waals surface area contributed by atoms with E-state index in [1.54, 1.807) is 12.3 Å². The van der Waals surface area contributed by atoms with Crippen molar-refractivity contribution >= 4 is 16.8 Å². The topological polar surface area (TPSA) is 62.2 Å². The summed E-state index contributed by atoms with van der Waals surface area (Å²) in [6.45, 7) is 0.547. The molecule has 0 radical (unpaired) electrons. The van der Waals surface area contributed by atoms with E-state index in [1.165, 1.54) is 0 Å². The number of pyridine rings is 1. The van der Waals surface area contributed by atoms with E-state index in [9.17, 15) is 9.90 Å². The first-order valence-corrected chi connectivity index (χ1v) is 7.05. The monoisotopic (exact) mass is 270 g/mol. The lowest BCUT2D eigenvalue weighted by Gasteiger charge is -2.15. The molecule has 2 aromatic rings. The van der Waals surface area contributed by atoms with Crippen molar-refractivity contribution in [3.63, 3.8) is 0 Å². The minimum absolute atomic E-state index is 0.0881. The zero-order chi connectivity index (χ0) is 13.9. The number of nitrogens with zero attached hydrogens (tertiary/aromatic N) is 1. The molecule has 0 spiro atoms. The number of aliphatic hydroxyl groups is 1. The van der Waals surface area contributed by atoms with Crippen LogP contribution >= 0.6 is 0 Å². The van der Waals surface area contributed by atoms with Gasteiger partial charge in [-0.05, 0) is 37.1 Å². The maximum Gasteiger partial charge on any atom is 0.251 e. The Balaban J connectivity index is 1.69. The highest BCUT2D eigenvalue weighted by atomic mass is 16.3. The van der Waals surface area contributed by atoms with Crippen molar-refractivity contribution < 1.29 is 9.90 Å². The molecule has 0 saturated heterocycles. The first-order chi connectivity index (χ1) is 9.74. The predicted octanol–water partition coefficient (Wildman–Crippen LogP) is 2.13. The molecule has 2 N–H and O–H groups in total. The lowest BCUT2D eigenvalue weighted by molar-refractivity contribution is 0.0917. The summed E-state index contributed by atoms with van der Waals surface area (Å²) < 4.78 is 0. The van der Waals surface area contributed by atoms with Gasteiger partial charge < -0.3 is 10.4 Å². The van der Waals surface area contributed by atoms with Gasteiger partial charge in [0, 0.05) is 29.6 Å². The molecule has 2 unspecified atom stereocenters. The number of rotatable bonds is 3. The molecule has 3 rings (SSSR count). The summed E-state index contributed by atoms with van der Waals surface area (Å²) in [6, 6.07) is 9.30. The van der Waals surface area contributed by atoms with Gasteiger partial charge in [0.1, 0.15) is 0 Å². The van der Waals surface area contributed by atoms with E-state index >= 15 is 0 Å². The normalized spacial score (nSPS) is 22.1. The largest absolute Gasteiger partial charge is 0.393 e. The number of carbonyl (C=O) groups excluding carboxylic acids is 1. The average Bonchev–Trinajstić information content (AvgIpc) is 2.89. The number of hydrogen-bond donors (Lipinski definition) is 2. The van der Waals surface area contributed by atoms with Crippen LogP contribution in [0.15, 0.2) is 36.5 Å².